The van der Waals surface area contributed by atoms with Crippen LogP contribution in [0.3, 0.4) is 0 Å². The Bertz CT molecular complexity index is 301. The molecule has 0 aliphatic rings. The number of aliphatic hydroxyl groups is 4. The number of amides is 2. The van der Waals surface area contributed by atoms with Gasteiger partial charge < -0.3 is 37.2 Å². The molecule has 0 aliphatic carbocycles. The van der Waals surface area contributed by atoms with E-state index in [1.165, 1.54) is 0 Å². The van der Waals surface area contributed by atoms with Crippen LogP contribution in [0.5, 0.6) is 0 Å². The summed E-state index contributed by atoms with van der Waals surface area (Å²) in [6.07, 6.45) is -6.87. The Balaban J connectivity index is 4.26. The van der Waals surface area contributed by atoms with Crippen molar-refractivity contribution in [3.05, 3.63) is 0 Å². The highest BCUT2D eigenvalue weighted by Gasteiger charge is 2.36. The first kappa shape index (κ1) is 17.7. The summed E-state index contributed by atoms with van der Waals surface area (Å²) in [6.45, 7) is 0.707. The zero-order chi connectivity index (χ0) is 15.0. The minimum absolute atomic E-state index is 0.244. The lowest BCUT2D eigenvalue weighted by Gasteiger charge is -2.24. The molecule has 0 aromatic rings. The van der Waals surface area contributed by atoms with Crippen molar-refractivity contribution in [3.8, 4) is 0 Å². The minimum Gasteiger partial charge on any atom is -0.387 e. The van der Waals surface area contributed by atoms with E-state index in [-0.39, 0.29) is 6.54 Å². The van der Waals surface area contributed by atoms with E-state index in [4.69, 9.17) is 16.6 Å². The van der Waals surface area contributed by atoms with Crippen molar-refractivity contribution in [1.29, 1.82) is 0 Å². The lowest BCUT2D eigenvalue weighted by molar-refractivity contribution is -0.153. The Hall–Kier alpha value is -1.26. The summed E-state index contributed by atoms with van der Waals surface area (Å²) in [5.41, 5.74) is 9.96. The van der Waals surface area contributed by atoms with Gasteiger partial charge in [0.2, 0.25) is 5.91 Å². The summed E-state index contributed by atoms with van der Waals surface area (Å²) >= 11 is 0. The Labute approximate surface area is 110 Å². The maximum Gasteiger partial charge on any atom is 0.251 e. The number of nitrogens with two attached hydrogens (primary N) is 2. The van der Waals surface area contributed by atoms with Gasteiger partial charge in [-0.05, 0) is 19.4 Å². The van der Waals surface area contributed by atoms with Crippen LogP contribution < -0.4 is 16.8 Å². The number of carbonyl (C=O) groups is 2. The molecular formula is C10H21N3O6. The van der Waals surface area contributed by atoms with E-state index in [1.54, 1.807) is 0 Å². The third kappa shape index (κ3) is 5.94. The van der Waals surface area contributed by atoms with E-state index < -0.39 is 36.2 Å². The van der Waals surface area contributed by atoms with Crippen LogP contribution in [0.2, 0.25) is 0 Å². The van der Waals surface area contributed by atoms with Gasteiger partial charge in [0.1, 0.15) is 12.2 Å². The molecule has 0 unspecified atom stereocenters. The van der Waals surface area contributed by atoms with E-state index in [9.17, 15) is 24.9 Å². The van der Waals surface area contributed by atoms with Gasteiger partial charge in [0.15, 0.2) is 12.2 Å². The number of unbranched alkanes of at least 4 members (excludes halogenated alkanes) is 1. The molecule has 112 valence electrons. The number of nitrogens with one attached hydrogen (secondary N) is 1. The molecular weight excluding hydrogens is 258 g/mol. The Morgan fingerprint density at radius 2 is 1.53 bits per heavy atom. The van der Waals surface area contributed by atoms with Crippen molar-refractivity contribution >= 4 is 11.8 Å². The summed E-state index contributed by atoms with van der Waals surface area (Å²) in [5.74, 6) is -2.21. The molecule has 0 spiro atoms. The summed E-state index contributed by atoms with van der Waals surface area (Å²) in [6, 6.07) is 0. The molecule has 0 saturated carbocycles. The SMILES string of the molecule is NCCCCNC(=O)[C@H](O)[C@@H](O)[C@H](O)[C@H](O)C(N)=O. The van der Waals surface area contributed by atoms with Crippen molar-refractivity contribution in [2.45, 2.75) is 37.3 Å². The molecule has 0 fully saturated rings. The van der Waals surface area contributed by atoms with Gasteiger partial charge in [0.05, 0.1) is 0 Å². The fraction of sp³-hybridized carbons (Fsp3) is 0.800. The largest absolute Gasteiger partial charge is 0.387 e. The van der Waals surface area contributed by atoms with Crippen LogP contribution in [0.25, 0.3) is 0 Å². The van der Waals surface area contributed by atoms with Crippen molar-refractivity contribution in [1.82, 2.24) is 5.32 Å². The fourth-order valence-electron chi connectivity index (χ4n) is 1.28. The van der Waals surface area contributed by atoms with E-state index in [0.717, 1.165) is 0 Å². The molecule has 9 N–H and O–H groups in total. The maximum absolute atomic E-state index is 11.4. The number of aliphatic hydroxyl groups excluding tert-OH is 4. The first-order valence-electron chi connectivity index (χ1n) is 5.82. The predicted molar refractivity (Wildman–Crippen MR) is 64.5 cm³/mol. The molecule has 0 radical (unpaired) electrons. The molecule has 2 amide bonds. The Morgan fingerprint density at radius 3 is 2.00 bits per heavy atom. The van der Waals surface area contributed by atoms with E-state index in [2.05, 4.69) is 5.32 Å². The Morgan fingerprint density at radius 1 is 1.00 bits per heavy atom. The third-order valence-corrected chi connectivity index (χ3v) is 2.49. The van der Waals surface area contributed by atoms with Crippen LogP contribution >= 0.6 is 0 Å². The topological polar surface area (TPSA) is 179 Å². The highest BCUT2D eigenvalue weighted by Crippen LogP contribution is 2.05. The van der Waals surface area contributed by atoms with Crippen LogP contribution in [0.1, 0.15) is 12.8 Å². The van der Waals surface area contributed by atoms with Gasteiger partial charge in [-0.25, -0.2) is 0 Å². The van der Waals surface area contributed by atoms with Gasteiger partial charge >= 0.3 is 0 Å². The lowest BCUT2D eigenvalue weighted by Crippen LogP contribution is -2.53. The van der Waals surface area contributed by atoms with Crippen LogP contribution in [0.4, 0.5) is 0 Å². The van der Waals surface area contributed by atoms with Crippen LogP contribution in [-0.4, -0.2) is 69.7 Å². The van der Waals surface area contributed by atoms with Crippen LogP contribution in [-0.2, 0) is 9.59 Å². The first-order chi connectivity index (χ1) is 8.82. The molecule has 19 heavy (non-hydrogen) atoms. The zero-order valence-corrected chi connectivity index (χ0v) is 10.4. The van der Waals surface area contributed by atoms with E-state index in [1.807, 2.05) is 0 Å². The van der Waals surface area contributed by atoms with Crippen molar-refractivity contribution in [2.75, 3.05) is 13.1 Å². The molecule has 0 saturated heterocycles. The van der Waals surface area contributed by atoms with Crippen molar-refractivity contribution in [2.24, 2.45) is 11.5 Å². The second-order valence-corrected chi connectivity index (χ2v) is 4.06. The monoisotopic (exact) mass is 279 g/mol. The van der Waals surface area contributed by atoms with Crippen LogP contribution in [0.15, 0.2) is 0 Å². The summed E-state index contributed by atoms with van der Waals surface area (Å²) in [5, 5.41) is 39.6. The number of rotatable bonds is 9. The standard InChI is InChI=1S/C10H21N3O6/c11-3-1-2-4-13-10(19)8(17)6(15)5(14)7(16)9(12)18/h5-8,14-17H,1-4,11H2,(H2,12,18)(H,13,19)/t5-,6-,7-,8+/m0/s1. The Kier molecular flexibility index (Phi) is 8.19. The minimum atomic E-state index is -2.07. The quantitative estimate of drug-likeness (QED) is 0.209. The van der Waals surface area contributed by atoms with E-state index >= 15 is 0 Å². The van der Waals surface area contributed by atoms with Gasteiger partial charge in [-0.15, -0.1) is 0 Å². The average Bonchev–Trinajstić information content (AvgIpc) is 2.39. The highest BCUT2D eigenvalue weighted by atomic mass is 16.4. The summed E-state index contributed by atoms with van der Waals surface area (Å²) < 4.78 is 0. The number of carbonyl (C=O) groups excluding carboxylic acids is 2. The molecule has 0 rings (SSSR count). The van der Waals surface area contributed by atoms with Crippen molar-refractivity contribution < 1.29 is 30.0 Å². The normalized spacial score (nSPS) is 17.3. The smallest absolute Gasteiger partial charge is 0.251 e. The van der Waals surface area contributed by atoms with Gasteiger partial charge in [-0.3, -0.25) is 9.59 Å². The number of hydrogen-bond acceptors (Lipinski definition) is 7. The number of primary amides is 1. The summed E-state index contributed by atoms with van der Waals surface area (Å²) in [4.78, 5) is 22.0. The molecule has 0 aliphatic heterocycles. The maximum atomic E-state index is 11.4. The van der Waals surface area contributed by atoms with Crippen LogP contribution in [0, 0.1) is 0 Å². The third-order valence-electron chi connectivity index (χ3n) is 2.49. The van der Waals surface area contributed by atoms with E-state index in [0.29, 0.717) is 19.4 Å². The molecule has 4 atom stereocenters. The first-order valence-corrected chi connectivity index (χ1v) is 5.82. The highest BCUT2D eigenvalue weighted by molar-refractivity contribution is 5.82. The molecule has 0 heterocycles. The molecule has 9 heteroatoms. The fourth-order valence-corrected chi connectivity index (χ4v) is 1.28. The van der Waals surface area contributed by atoms with Gasteiger partial charge in [-0.2, -0.15) is 0 Å². The molecule has 9 nitrogen and oxygen atoms in total. The second-order valence-electron chi connectivity index (χ2n) is 4.06. The average molecular weight is 279 g/mol. The molecule has 0 aromatic carbocycles. The summed E-state index contributed by atoms with van der Waals surface area (Å²) in [7, 11) is 0. The van der Waals surface area contributed by atoms with Gasteiger partial charge in [0, 0.05) is 6.54 Å². The predicted octanol–water partition coefficient (Wildman–Crippen LogP) is -4.23. The molecule has 0 bridgehead atoms. The number of hydrogen-bond donors (Lipinski definition) is 7. The van der Waals surface area contributed by atoms with Crippen molar-refractivity contribution in [3.63, 3.8) is 0 Å². The van der Waals surface area contributed by atoms with Gasteiger partial charge in [-0.1, -0.05) is 0 Å². The molecule has 0 aromatic heterocycles. The zero-order valence-electron chi connectivity index (χ0n) is 10.4. The van der Waals surface area contributed by atoms with Gasteiger partial charge in [0.25, 0.3) is 5.91 Å². The second kappa shape index (κ2) is 8.77. The lowest BCUT2D eigenvalue weighted by atomic mass is 10.0.